The number of carbonyl (C=O) groups excluding carboxylic acids is 3. The average molecular weight is 505 g/mol. The lowest BCUT2D eigenvalue weighted by atomic mass is 9.45. The average Bonchev–Trinajstić information content (AvgIpc) is 3.06. The second kappa shape index (κ2) is 10.9. The fourth-order valence-electron chi connectivity index (χ4n) is 6.35. The summed E-state index contributed by atoms with van der Waals surface area (Å²) in [7, 11) is 0. The summed E-state index contributed by atoms with van der Waals surface area (Å²) in [6, 6.07) is 0. The zero-order valence-corrected chi connectivity index (χ0v) is 22.2. The Morgan fingerprint density at radius 3 is 2.44 bits per heavy atom. The first-order valence-electron chi connectivity index (χ1n) is 12.8. The van der Waals surface area contributed by atoms with Gasteiger partial charge in [0.1, 0.15) is 6.10 Å². The summed E-state index contributed by atoms with van der Waals surface area (Å²) in [5, 5.41) is 10.9. The van der Waals surface area contributed by atoms with Crippen LogP contribution in [0.1, 0.15) is 73.6 Å². The number of carbonyl (C=O) groups is 3. The van der Waals surface area contributed by atoms with Crippen LogP contribution >= 0.6 is 0 Å². The molecule has 1 spiro atoms. The van der Waals surface area contributed by atoms with E-state index in [1.807, 2.05) is 13.8 Å². The second-order valence-electron chi connectivity index (χ2n) is 10.7. The number of rotatable bonds is 8. The van der Waals surface area contributed by atoms with Crippen LogP contribution < -0.4 is 0 Å². The van der Waals surface area contributed by atoms with E-state index in [-0.39, 0.29) is 17.8 Å². The molecule has 0 aromatic rings. The molecule has 200 valence electrons. The molecule has 1 N–H and O–H groups in total. The van der Waals surface area contributed by atoms with Gasteiger partial charge in [0.05, 0.1) is 11.5 Å². The monoisotopic (exact) mass is 504 g/mol. The number of esters is 3. The van der Waals surface area contributed by atoms with Crippen LogP contribution in [0.25, 0.3) is 0 Å². The van der Waals surface area contributed by atoms with Gasteiger partial charge in [-0.3, -0.25) is 19.1 Å². The first kappa shape index (κ1) is 28.1. The van der Waals surface area contributed by atoms with Crippen molar-refractivity contribution in [2.45, 2.75) is 98.4 Å². The minimum absolute atomic E-state index is 0.0832. The number of aliphatic hydroxyl groups is 1. The fraction of sp³-hybridized carbons (Fsp3) is 0.679. The molecule has 2 aliphatic carbocycles. The smallest absolute Gasteiger partial charge is 0.306 e. The Bertz CT molecular complexity index is 951. The van der Waals surface area contributed by atoms with Gasteiger partial charge in [0.2, 0.25) is 12.6 Å². The van der Waals surface area contributed by atoms with Gasteiger partial charge in [-0.2, -0.15) is 0 Å². The van der Waals surface area contributed by atoms with E-state index in [9.17, 15) is 19.5 Å². The standard InChI is InChI=1S/C28H40O8/c1-8-10-24(32)35-22-15-28-21(25(33-18(5)29)36-26(28)34-19(6)30)13-20(31)14-23(28)27(7,17(22)4)12-11-16(3)9-2/h9,11,13,17,20,22-23,25-26,31H,2,8,10,12,14-15H2,1,3-7H3. The molecule has 8 nitrogen and oxygen atoms in total. The fourth-order valence-corrected chi connectivity index (χ4v) is 6.35. The first-order chi connectivity index (χ1) is 16.9. The van der Waals surface area contributed by atoms with Crippen LogP contribution in [0.15, 0.2) is 36.0 Å². The van der Waals surface area contributed by atoms with Gasteiger partial charge >= 0.3 is 17.9 Å². The molecule has 2 fully saturated rings. The normalized spacial score (nSPS) is 37.8. The van der Waals surface area contributed by atoms with Crippen molar-refractivity contribution in [3.63, 3.8) is 0 Å². The minimum Gasteiger partial charge on any atom is -0.462 e. The lowest BCUT2D eigenvalue weighted by molar-refractivity contribution is -0.246. The maximum atomic E-state index is 12.7. The molecule has 3 aliphatic rings. The zero-order chi connectivity index (χ0) is 26.8. The highest BCUT2D eigenvalue weighted by molar-refractivity contribution is 5.69. The Kier molecular flexibility index (Phi) is 8.51. The molecule has 1 saturated carbocycles. The van der Waals surface area contributed by atoms with Crippen LogP contribution in [0.5, 0.6) is 0 Å². The Balaban J connectivity index is 2.20. The number of allylic oxidation sites excluding steroid dienone is 3. The Labute approximate surface area is 213 Å². The maximum Gasteiger partial charge on any atom is 0.306 e. The van der Waals surface area contributed by atoms with E-state index < -0.39 is 47.6 Å². The van der Waals surface area contributed by atoms with Crippen LogP contribution in [0.3, 0.4) is 0 Å². The molecule has 0 bridgehead atoms. The molecule has 1 aliphatic heterocycles. The molecular weight excluding hydrogens is 464 g/mol. The molecule has 0 aromatic heterocycles. The van der Waals surface area contributed by atoms with Gasteiger partial charge in [-0.1, -0.05) is 45.1 Å². The highest BCUT2D eigenvalue weighted by atomic mass is 16.8. The highest BCUT2D eigenvalue weighted by Gasteiger charge is 2.69. The van der Waals surface area contributed by atoms with Gasteiger partial charge in [-0.15, -0.1) is 0 Å². The van der Waals surface area contributed by atoms with Crippen LogP contribution in [-0.4, -0.2) is 47.8 Å². The van der Waals surface area contributed by atoms with Crippen molar-refractivity contribution in [3.8, 4) is 0 Å². The largest absolute Gasteiger partial charge is 0.462 e. The third kappa shape index (κ3) is 5.16. The van der Waals surface area contributed by atoms with Crippen LogP contribution in [0, 0.1) is 22.7 Å². The van der Waals surface area contributed by atoms with E-state index in [0.717, 1.165) is 5.57 Å². The topological polar surface area (TPSA) is 108 Å². The second-order valence-corrected chi connectivity index (χ2v) is 10.7. The van der Waals surface area contributed by atoms with Gasteiger partial charge in [-0.05, 0) is 49.5 Å². The summed E-state index contributed by atoms with van der Waals surface area (Å²) in [6.07, 6.45) is 4.35. The third-order valence-electron chi connectivity index (χ3n) is 8.33. The number of hydrogen-bond donors (Lipinski definition) is 1. The zero-order valence-electron chi connectivity index (χ0n) is 22.2. The molecule has 8 heteroatoms. The van der Waals surface area contributed by atoms with E-state index >= 15 is 0 Å². The van der Waals surface area contributed by atoms with E-state index in [2.05, 4.69) is 26.5 Å². The minimum atomic E-state index is -1.11. The Morgan fingerprint density at radius 1 is 1.19 bits per heavy atom. The quantitative estimate of drug-likeness (QED) is 0.225. The van der Waals surface area contributed by atoms with Crippen molar-refractivity contribution in [1.82, 2.24) is 0 Å². The van der Waals surface area contributed by atoms with Crippen molar-refractivity contribution in [1.29, 1.82) is 0 Å². The molecule has 8 atom stereocenters. The van der Waals surface area contributed by atoms with Gasteiger partial charge in [-0.25, -0.2) is 0 Å². The summed E-state index contributed by atoms with van der Waals surface area (Å²) in [5.74, 6) is -1.69. The third-order valence-corrected chi connectivity index (χ3v) is 8.33. The van der Waals surface area contributed by atoms with Gasteiger partial charge < -0.3 is 19.3 Å². The number of hydrogen-bond acceptors (Lipinski definition) is 8. The van der Waals surface area contributed by atoms with Crippen molar-refractivity contribution in [3.05, 3.63) is 36.0 Å². The maximum absolute atomic E-state index is 12.7. The molecule has 0 radical (unpaired) electrons. The Morgan fingerprint density at radius 2 is 1.86 bits per heavy atom. The van der Waals surface area contributed by atoms with Crippen molar-refractivity contribution in [2.75, 3.05) is 0 Å². The van der Waals surface area contributed by atoms with Crippen LogP contribution in [-0.2, 0) is 33.3 Å². The van der Waals surface area contributed by atoms with Crippen molar-refractivity contribution < 1.29 is 38.4 Å². The predicted molar refractivity (Wildman–Crippen MR) is 132 cm³/mol. The molecule has 3 rings (SSSR count). The molecule has 36 heavy (non-hydrogen) atoms. The number of ether oxygens (including phenoxy) is 4. The Hall–Kier alpha value is -2.45. The summed E-state index contributed by atoms with van der Waals surface area (Å²) in [6.45, 7) is 14.5. The SMILES string of the molecule is C=CC(C)=CCC1(C)C(C)C(OC(=O)CCC)CC23C(=CC(O)CC12)C(OC(C)=O)OC3OC(C)=O. The van der Waals surface area contributed by atoms with Crippen molar-refractivity contribution >= 4 is 17.9 Å². The van der Waals surface area contributed by atoms with Crippen molar-refractivity contribution in [2.24, 2.45) is 22.7 Å². The molecular formula is C28H40O8. The first-order valence-corrected chi connectivity index (χ1v) is 12.8. The molecule has 8 unspecified atom stereocenters. The van der Waals surface area contributed by atoms with Gasteiger partial charge in [0.15, 0.2) is 0 Å². The van der Waals surface area contributed by atoms with Gasteiger partial charge in [0, 0.05) is 32.3 Å². The summed E-state index contributed by atoms with van der Waals surface area (Å²) in [4.78, 5) is 36.8. The van der Waals surface area contributed by atoms with E-state index in [0.29, 0.717) is 37.7 Å². The highest BCUT2D eigenvalue weighted by Crippen LogP contribution is 2.67. The lowest BCUT2D eigenvalue weighted by Gasteiger charge is -2.60. The summed E-state index contributed by atoms with van der Waals surface area (Å²) < 4.78 is 23.3. The van der Waals surface area contributed by atoms with Crippen LogP contribution in [0.2, 0.25) is 0 Å². The number of aliphatic hydroxyl groups excluding tert-OH is 1. The summed E-state index contributed by atoms with van der Waals surface area (Å²) in [5.41, 5.74) is 0.130. The summed E-state index contributed by atoms with van der Waals surface area (Å²) >= 11 is 0. The molecule has 1 heterocycles. The van der Waals surface area contributed by atoms with E-state index in [1.165, 1.54) is 13.8 Å². The van der Waals surface area contributed by atoms with E-state index in [1.54, 1.807) is 12.2 Å². The van der Waals surface area contributed by atoms with Gasteiger partial charge in [0.25, 0.3) is 0 Å². The van der Waals surface area contributed by atoms with E-state index in [4.69, 9.17) is 18.9 Å². The predicted octanol–water partition coefficient (Wildman–Crippen LogP) is 4.37. The molecule has 1 saturated heterocycles. The lowest BCUT2D eigenvalue weighted by Crippen LogP contribution is -2.61. The molecule has 0 amide bonds. The van der Waals surface area contributed by atoms with Crippen LogP contribution in [0.4, 0.5) is 0 Å². The molecule has 0 aromatic carbocycles.